The number of alkyl halides is 4. The van der Waals surface area contributed by atoms with Crippen LogP contribution < -0.4 is 4.74 Å². The van der Waals surface area contributed by atoms with Crippen LogP contribution in [0, 0.1) is 0 Å². The molecule has 0 saturated carbocycles. The molecule has 0 aromatic heterocycles. The summed E-state index contributed by atoms with van der Waals surface area (Å²) in [6, 6.07) is 11.9. The van der Waals surface area contributed by atoms with E-state index in [1.54, 1.807) is 24.3 Å². The van der Waals surface area contributed by atoms with Crippen LogP contribution in [0.4, 0.5) is 17.6 Å². The summed E-state index contributed by atoms with van der Waals surface area (Å²) in [6.45, 7) is -1.06. The van der Waals surface area contributed by atoms with Gasteiger partial charge in [0.2, 0.25) is 0 Å². The fourth-order valence-electron chi connectivity index (χ4n) is 2.37. The van der Waals surface area contributed by atoms with Gasteiger partial charge in [-0.1, -0.05) is 49.7 Å². The summed E-state index contributed by atoms with van der Waals surface area (Å²) >= 11 is 0. The Hall–Kier alpha value is -2.08. The molecule has 0 spiro atoms. The molecular weight excluding hydrogens is 336 g/mol. The average molecular weight is 356 g/mol. The predicted octanol–water partition coefficient (Wildman–Crippen LogP) is 5.55. The summed E-state index contributed by atoms with van der Waals surface area (Å²) < 4.78 is 61.2. The van der Waals surface area contributed by atoms with Crippen LogP contribution in [0.3, 0.4) is 0 Å². The molecule has 2 aromatic carbocycles. The standard InChI is InChI=1S/C19H20F4O2/c1-2-3-14-4-8-16(9-5-14)19(22,23)24-13-12-15-6-10-17(11-7-15)25-18(20)21/h4-11,18H,2-3,12-13H2,1H3. The first-order chi connectivity index (χ1) is 11.9. The number of rotatable bonds is 9. The zero-order valence-corrected chi connectivity index (χ0v) is 13.9. The zero-order valence-electron chi connectivity index (χ0n) is 13.9. The molecular formula is C19H20F4O2. The Morgan fingerprint density at radius 3 is 2.00 bits per heavy atom. The van der Waals surface area contributed by atoms with Crippen LogP contribution in [0.2, 0.25) is 0 Å². The van der Waals surface area contributed by atoms with Crippen molar-refractivity contribution in [2.75, 3.05) is 6.61 Å². The maximum Gasteiger partial charge on any atom is 0.387 e. The van der Waals surface area contributed by atoms with Gasteiger partial charge < -0.3 is 9.47 Å². The lowest BCUT2D eigenvalue weighted by Crippen LogP contribution is -2.19. The van der Waals surface area contributed by atoms with Crippen molar-refractivity contribution >= 4 is 0 Å². The number of halogens is 4. The van der Waals surface area contributed by atoms with Gasteiger partial charge in [0.1, 0.15) is 5.75 Å². The molecule has 0 N–H and O–H groups in total. The molecule has 0 bridgehead atoms. The topological polar surface area (TPSA) is 18.5 Å². The monoisotopic (exact) mass is 356 g/mol. The quantitative estimate of drug-likeness (QED) is 0.549. The lowest BCUT2D eigenvalue weighted by Gasteiger charge is -2.17. The van der Waals surface area contributed by atoms with E-state index in [9.17, 15) is 17.6 Å². The molecule has 0 unspecified atom stereocenters. The Balaban J connectivity index is 1.86. The summed E-state index contributed by atoms with van der Waals surface area (Å²) in [4.78, 5) is 0. The van der Waals surface area contributed by atoms with Gasteiger partial charge in [-0.05, 0) is 36.1 Å². The van der Waals surface area contributed by atoms with E-state index in [1.165, 1.54) is 24.3 Å². The molecule has 0 heterocycles. The summed E-state index contributed by atoms with van der Waals surface area (Å²) in [7, 11) is 0. The second kappa shape index (κ2) is 8.85. The third-order valence-corrected chi connectivity index (χ3v) is 3.65. The van der Waals surface area contributed by atoms with Crippen LogP contribution in [0.15, 0.2) is 48.5 Å². The van der Waals surface area contributed by atoms with Gasteiger partial charge in [-0.15, -0.1) is 0 Å². The second-order valence-corrected chi connectivity index (χ2v) is 5.58. The Labute approximate surface area is 144 Å². The molecule has 2 nitrogen and oxygen atoms in total. The van der Waals surface area contributed by atoms with Crippen LogP contribution in [-0.4, -0.2) is 13.2 Å². The molecule has 0 aliphatic rings. The molecule has 0 radical (unpaired) electrons. The molecule has 136 valence electrons. The van der Waals surface area contributed by atoms with Crippen molar-refractivity contribution in [2.24, 2.45) is 0 Å². The van der Waals surface area contributed by atoms with E-state index in [4.69, 9.17) is 4.74 Å². The first-order valence-electron chi connectivity index (χ1n) is 8.05. The van der Waals surface area contributed by atoms with Gasteiger partial charge in [0, 0.05) is 0 Å². The largest absolute Gasteiger partial charge is 0.435 e. The predicted molar refractivity (Wildman–Crippen MR) is 87.1 cm³/mol. The summed E-state index contributed by atoms with van der Waals surface area (Å²) in [5, 5.41) is 0. The van der Waals surface area contributed by atoms with Gasteiger partial charge in [-0.2, -0.15) is 17.6 Å². The van der Waals surface area contributed by atoms with Gasteiger partial charge >= 0.3 is 12.7 Å². The van der Waals surface area contributed by atoms with Gasteiger partial charge in [0.25, 0.3) is 0 Å². The third kappa shape index (κ3) is 6.05. The Morgan fingerprint density at radius 1 is 0.880 bits per heavy atom. The van der Waals surface area contributed by atoms with E-state index in [1.807, 2.05) is 6.92 Å². The van der Waals surface area contributed by atoms with Crippen LogP contribution in [0.5, 0.6) is 5.75 Å². The third-order valence-electron chi connectivity index (χ3n) is 3.65. The first-order valence-corrected chi connectivity index (χ1v) is 8.05. The van der Waals surface area contributed by atoms with Gasteiger partial charge in [-0.25, -0.2) is 0 Å². The first kappa shape index (κ1) is 19.2. The van der Waals surface area contributed by atoms with E-state index < -0.39 is 12.7 Å². The minimum absolute atomic E-state index is 0.0252. The highest BCUT2D eigenvalue weighted by Gasteiger charge is 2.32. The van der Waals surface area contributed by atoms with E-state index in [2.05, 4.69) is 4.74 Å². The SMILES string of the molecule is CCCc1ccc(C(F)(F)OCCc2ccc(OC(F)F)cc2)cc1. The fraction of sp³-hybridized carbons (Fsp3) is 0.368. The van der Waals surface area contributed by atoms with Gasteiger partial charge in [0.05, 0.1) is 12.2 Å². The van der Waals surface area contributed by atoms with E-state index in [0.29, 0.717) is 5.56 Å². The molecule has 6 heteroatoms. The van der Waals surface area contributed by atoms with Crippen molar-refractivity contribution in [1.82, 2.24) is 0 Å². The summed E-state index contributed by atoms with van der Waals surface area (Å²) in [5.41, 5.74) is 1.51. The highest BCUT2D eigenvalue weighted by atomic mass is 19.3. The van der Waals surface area contributed by atoms with Crippen LogP contribution in [0.1, 0.15) is 30.0 Å². The van der Waals surface area contributed by atoms with E-state index in [0.717, 1.165) is 18.4 Å². The van der Waals surface area contributed by atoms with Crippen LogP contribution >= 0.6 is 0 Å². The molecule has 25 heavy (non-hydrogen) atoms. The number of hydrogen-bond acceptors (Lipinski definition) is 2. The maximum absolute atomic E-state index is 14.1. The van der Waals surface area contributed by atoms with Gasteiger partial charge in [0.15, 0.2) is 0 Å². The molecule has 0 amide bonds. The van der Waals surface area contributed by atoms with Gasteiger partial charge in [-0.3, -0.25) is 0 Å². The lowest BCUT2D eigenvalue weighted by molar-refractivity contribution is -0.248. The van der Waals surface area contributed by atoms with Crippen molar-refractivity contribution in [2.45, 2.75) is 38.9 Å². The summed E-state index contributed by atoms with van der Waals surface area (Å²) in [5.74, 6) is 0.0252. The Bertz CT molecular complexity index is 639. The van der Waals surface area contributed by atoms with E-state index in [-0.39, 0.29) is 24.3 Å². The van der Waals surface area contributed by atoms with Crippen LogP contribution in [-0.2, 0) is 23.7 Å². The van der Waals surface area contributed by atoms with Crippen LogP contribution in [0.25, 0.3) is 0 Å². The average Bonchev–Trinajstić information content (AvgIpc) is 2.57. The number of hydrogen-bond donors (Lipinski definition) is 0. The van der Waals surface area contributed by atoms with Crippen molar-refractivity contribution in [3.05, 3.63) is 65.2 Å². The molecule has 0 saturated heterocycles. The lowest BCUT2D eigenvalue weighted by atomic mass is 10.1. The fourth-order valence-corrected chi connectivity index (χ4v) is 2.37. The van der Waals surface area contributed by atoms with E-state index >= 15 is 0 Å². The smallest absolute Gasteiger partial charge is 0.387 e. The summed E-state index contributed by atoms with van der Waals surface area (Å²) in [6.07, 6.45) is -1.34. The van der Waals surface area contributed by atoms with Crippen molar-refractivity contribution < 1.29 is 27.0 Å². The minimum atomic E-state index is -3.37. The molecule has 0 aliphatic carbocycles. The Kier molecular flexibility index (Phi) is 6.82. The minimum Gasteiger partial charge on any atom is -0.435 e. The number of benzene rings is 2. The normalized spacial score (nSPS) is 11.8. The number of ether oxygens (including phenoxy) is 2. The zero-order chi connectivity index (χ0) is 18.3. The number of aryl methyl sites for hydroxylation is 1. The van der Waals surface area contributed by atoms with Crippen molar-refractivity contribution in [1.29, 1.82) is 0 Å². The second-order valence-electron chi connectivity index (χ2n) is 5.58. The van der Waals surface area contributed by atoms with Crippen molar-refractivity contribution in [3.63, 3.8) is 0 Å². The highest BCUT2D eigenvalue weighted by molar-refractivity contribution is 5.27. The molecule has 0 fully saturated rings. The Morgan fingerprint density at radius 2 is 1.44 bits per heavy atom. The maximum atomic E-state index is 14.1. The molecule has 2 rings (SSSR count). The molecule has 0 atom stereocenters. The molecule has 0 aliphatic heterocycles. The van der Waals surface area contributed by atoms with Crippen molar-refractivity contribution in [3.8, 4) is 5.75 Å². The highest BCUT2D eigenvalue weighted by Crippen LogP contribution is 2.30. The molecule has 2 aromatic rings.